The summed E-state index contributed by atoms with van der Waals surface area (Å²) in [7, 11) is 0. The Morgan fingerprint density at radius 2 is 1.90 bits per heavy atom. The molecular weight excluding hydrogens is 428 g/mol. The Morgan fingerprint density at radius 3 is 2.52 bits per heavy atom. The minimum atomic E-state index is -3.80. The van der Waals surface area contributed by atoms with E-state index in [9.17, 15) is 18.4 Å². The van der Waals surface area contributed by atoms with E-state index in [1.165, 1.54) is 24.3 Å². The Bertz CT molecular complexity index is 1150. The summed E-state index contributed by atoms with van der Waals surface area (Å²) in [6.07, 6.45) is 1.64. The second-order valence-electron chi connectivity index (χ2n) is 7.79. The van der Waals surface area contributed by atoms with Gasteiger partial charge in [-0.2, -0.15) is 5.10 Å². The highest BCUT2D eigenvalue weighted by molar-refractivity contribution is 6.20. The normalized spacial score (nSPS) is 14.8. The van der Waals surface area contributed by atoms with Crippen molar-refractivity contribution < 1.29 is 23.1 Å². The molecule has 9 heteroatoms. The van der Waals surface area contributed by atoms with Gasteiger partial charge in [0.25, 0.3) is 0 Å². The number of H-pyrrole nitrogens is 1. The molecule has 0 unspecified atom stereocenters. The number of nitrogens with one attached hydrogen (secondary N) is 2. The number of carbonyl (C=O) groups excluding carboxylic acids is 2. The second-order valence-corrected chi connectivity index (χ2v) is 8.23. The van der Waals surface area contributed by atoms with Gasteiger partial charge >= 0.3 is 5.57 Å². The van der Waals surface area contributed by atoms with Crippen LogP contribution in [0.5, 0.6) is 5.75 Å². The predicted octanol–water partition coefficient (Wildman–Crippen LogP) is 4.90. The first-order chi connectivity index (χ1) is 14.5. The lowest BCUT2D eigenvalue weighted by molar-refractivity contribution is -0.119. The fourth-order valence-electron chi connectivity index (χ4n) is 3.68. The van der Waals surface area contributed by atoms with Crippen LogP contribution >= 0.6 is 11.6 Å². The van der Waals surface area contributed by atoms with Crippen LogP contribution in [0.3, 0.4) is 0 Å². The average Bonchev–Trinajstić information content (AvgIpc) is 3.29. The standard InChI is InChI=1S/C22H18ClF2N3O3/c1-21(2)19-15(16-7-8-26-28-16)10-13(11-17(19)27-20(21)30)18(29)9-12-3-5-14(6-4-12)31-22(23,24)25/h3-8,10-11H,9H2,1-2H3,(H,26,28)(H,27,30). The first-order valence-corrected chi connectivity index (χ1v) is 9.80. The average molecular weight is 446 g/mol. The van der Waals surface area contributed by atoms with Gasteiger partial charge in [0, 0.05) is 46.6 Å². The Hall–Kier alpha value is -3.26. The Balaban J connectivity index is 1.65. The van der Waals surface area contributed by atoms with E-state index in [1.54, 1.807) is 24.4 Å². The number of amides is 1. The number of alkyl halides is 3. The fourth-order valence-corrected chi connectivity index (χ4v) is 3.77. The minimum absolute atomic E-state index is 0.0378. The molecule has 2 aromatic carbocycles. The quantitative estimate of drug-likeness (QED) is 0.417. The molecule has 0 radical (unpaired) electrons. The highest BCUT2D eigenvalue weighted by Crippen LogP contribution is 2.44. The lowest BCUT2D eigenvalue weighted by Gasteiger charge is -2.19. The molecule has 0 atom stereocenters. The van der Waals surface area contributed by atoms with Crippen molar-refractivity contribution in [2.75, 3.05) is 5.32 Å². The lowest BCUT2D eigenvalue weighted by Crippen LogP contribution is -2.27. The largest absolute Gasteiger partial charge is 0.487 e. The first-order valence-electron chi connectivity index (χ1n) is 9.42. The SMILES string of the molecule is CC1(C)C(=O)Nc2cc(C(=O)Cc3ccc(OC(F)(F)Cl)cc3)cc(-c3ccn[nH]3)c21. The maximum absolute atomic E-state index is 13.0. The Morgan fingerprint density at radius 1 is 1.19 bits per heavy atom. The number of aromatic amines is 1. The van der Waals surface area contributed by atoms with Crippen molar-refractivity contribution in [3.63, 3.8) is 0 Å². The van der Waals surface area contributed by atoms with Crippen LogP contribution < -0.4 is 10.1 Å². The van der Waals surface area contributed by atoms with Gasteiger partial charge < -0.3 is 10.1 Å². The number of benzene rings is 2. The summed E-state index contributed by atoms with van der Waals surface area (Å²) < 4.78 is 29.8. The molecule has 3 aromatic rings. The number of rotatable bonds is 6. The van der Waals surface area contributed by atoms with Gasteiger partial charge in [-0.3, -0.25) is 14.7 Å². The zero-order valence-electron chi connectivity index (χ0n) is 16.6. The van der Waals surface area contributed by atoms with Crippen LogP contribution in [0, 0.1) is 0 Å². The molecular formula is C22H18ClF2N3O3. The van der Waals surface area contributed by atoms with Gasteiger partial charge in [0.15, 0.2) is 5.78 Å². The number of ketones is 1. The molecule has 0 aliphatic carbocycles. The molecule has 0 spiro atoms. The number of aromatic nitrogens is 2. The number of anilines is 1. The van der Waals surface area contributed by atoms with E-state index in [0.29, 0.717) is 22.5 Å². The third-order valence-corrected chi connectivity index (χ3v) is 5.29. The molecule has 1 aromatic heterocycles. The van der Waals surface area contributed by atoms with E-state index in [1.807, 2.05) is 13.8 Å². The van der Waals surface area contributed by atoms with Crippen molar-refractivity contribution in [3.8, 4) is 17.0 Å². The van der Waals surface area contributed by atoms with Crippen LogP contribution in [0.4, 0.5) is 14.5 Å². The van der Waals surface area contributed by atoms with Gasteiger partial charge in [0.1, 0.15) is 5.75 Å². The smallest absolute Gasteiger partial charge is 0.420 e. The summed E-state index contributed by atoms with van der Waals surface area (Å²) >= 11 is 4.76. The van der Waals surface area contributed by atoms with Crippen LogP contribution in [0.25, 0.3) is 11.3 Å². The summed E-state index contributed by atoms with van der Waals surface area (Å²) in [5.74, 6) is -0.460. The molecule has 0 saturated carbocycles. The highest BCUT2D eigenvalue weighted by atomic mass is 35.5. The van der Waals surface area contributed by atoms with E-state index in [0.717, 1.165) is 11.1 Å². The first kappa shape index (κ1) is 21.0. The van der Waals surface area contributed by atoms with E-state index >= 15 is 0 Å². The molecule has 160 valence electrons. The van der Waals surface area contributed by atoms with Gasteiger partial charge in [-0.05, 0) is 49.7 Å². The van der Waals surface area contributed by atoms with Crippen molar-refractivity contribution >= 4 is 29.0 Å². The van der Waals surface area contributed by atoms with E-state index < -0.39 is 11.0 Å². The van der Waals surface area contributed by atoms with E-state index in [-0.39, 0.29) is 23.9 Å². The molecule has 4 rings (SSSR count). The molecule has 2 heterocycles. The van der Waals surface area contributed by atoms with Crippen molar-refractivity contribution in [2.45, 2.75) is 31.3 Å². The van der Waals surface area contributed by atoms with Gasteiger partial charge in [-0.1, -0.05) is 12.1 Å². The Kier molecular flexibility index (Phi) is 5.05. The molecule has 6 nitrogen and oxygen atoms in total. The van der Waals surface area contributed by atoms with Crippen LogP contribution in [-0.2, 0) is 16.6 Å². The maximum Gasteiger partial charge on any atom is 0.487 e. The summed E-state index contributed by atoms with van der Waals surface area (Å²) in [4.78, 5) is 25.5. The number of hydrogen-bond donors (Lipinski definition) is 2. The third kappa shape index (κ3) is 4.16. The summed E-state index contributed by atoms with van der Waals surface area (Å²) in [6, 6.07) is 10.8. The van der Waals surface area contributed by atoms with Crippen molar-refractivity contribution in [1.29, 1.82) is 0 Å². The summed E-state index contributed by atoms with van der Waals surface area (Å²) in [6.45, 7) is 3.65. The highest BCUT2D eigenvalue weighted by Gasteiger charge is 2.41. The molecule has 0 fully saturated rings. The number of ether oxygens (including phenoxy) is 1. The number of fused-ring (bicyclic) bond motifs is 1. The number of nitrogens with zero attached hydrogens (tertiary/aromatic N) is 1. The number of carbonyl (C=O) groups is 2. The molecule has 1 aliphatic rings. The van der Waals surface area contributed by atoms with E-state index in [2.05, 4.69) is 20.3 Å². The number of Topliss-reactive ketones (excluding diaryl/α,β-unsaturated/α-hetero) is 1. The van der Waals surface area contributed by atoms with Gasteiger partial charge in [-0.25, -0.2) is 0 Å². The zero-order chi connectivity index (χ0) is 22.4. The molecule has 2 N–H and O–H groups in total. The zero-order valence-corrected chi connectivity index (χ0v) is 17.4. The van der Waals surface area contributed by atoms with Crippen LogP contribution in [-0.4, -0.2) is 27.5 Å². The van der Waals surface area contributed by atoms with Crippen molar-refractivity contribution in [1.82, 2.24) is 10.2 Å². The minimum Gasteiger partial charge on any atom is -0.420 e. The Labute approximate surface area is 181 Å². The third-order valence-electron chi connectivity index (χ3n) is 5.21. The molecule has 1 amide bonds. The monoisotopic (exact) mass is 445 g/mol. The lowest BCUT2D eigenvalue weighted by atomic mass is 9.81. The van der Waals surface area contributed by atoms with Crippen LogP contribution in [0.2, 0.25) is 0 Å². The van der Waals surface area contributed by atoms with E-state index in [4.69, 9.17) is 11.6 Å². The van der Waals surface area contributed by atoms with Crippen LogP contribution in [0.15, 0.2) is 48.7 Å². The number of hydrogen-bond acceptors (Lipinski definition) is 4. The molecule has 1 aliphatic heterocycles. The fraction of sp³-hybridized carbons (Fsp3) is 0.227. The summed E-state index contributed by atoms with van der Waals surface area (Å²) in [5, 5.41) is 9.72. The van der Waals surface area contributed by atoms with Crippen LogP contribution in [0.1, 0.15) is 35.3 Å². The van der Waals surface area contributed by atoms with Crippen molar-refractivity contribution in [2.24, 2.45) is 0 Å². The van der Waals surface area contributed by atoms with Gasteiger partial charge in [0.05, 0.1) is 11.1 Å². The maximum atomic E-state index is 13.0. The topological polar surface area (TPSA) is 84.1 Å². The predicted molar refractivity (Wildman–Crippen MR) is 112 cm³/mol. The second kappa shape index (κ2) is 7.46. The molecule has 31 heavy (non-hydrogen) atoms. The molecule has 0 bridgehead atoms. The summed E-state index contributed by atoms with van der Waals surface area (Å²) in [5.41, 5.74) is -0.757. The van der Waals surface area contributed by atoms with Crippen molar-refractivity contribution in [3.05, 3.63) is 65.4 Å². The number of halogens is 3. The van der Waals surface area contributed by atoms with Gasteiger partial charge in [0.2, 0.25) is 5.91 Å². The molecule has 0 saturated heterocycles. The van der Waals surface area contributed by atoms with Gasteiger partial charge in [-0.15, -0.1) is 8.78 Å².